The van der Waals surface area contributed by atoms with Crippen molar-refractivity contribution in [2.75, 3.05) is 19.0 Å². The van der Waals surface area contributed by atoms with E-state index in [9.17, 15) is 9.59 Å². The van der Waals surface area contributed by atoms with Crippen LogP contribution in [0, 0.1) is 0 Å². The van der Waals surface area contributed by atoms with Gasteiger partial charge in [0.2, 0.25) is 0 Å². The molecule has 0 N–H and O–H groups in total. The van der Waals surface area contributed by atoms with Crippen LogP contribution < -0.4 is 4.90 Å². The molecule has 0 unspecified atom stereocenters. The first-order valence-electron chi connectivity index (χ1n) is 12.6. The van der Waals surface area contributed by atoms with Gasteiger partial charge in [-0.1, -0.05) is 66.7 Å². The third kappa shape index (κ3) is 4.05. The molecule has 0 bridgehead atoms. The molecule has 0 aromatic heterocycles. The molecule has 37 heavy (non-hydrogen) atoms. The molecule has 6 rings (SSSR count). The summed E-state index contributed by atoms with van der Waals surface area (Å²) in [7, 11) is 4.05. The molecule has 0 saturated heterocycles. The zero-order chi connectivity index (χ0) is 25.5. The van der Waals surface area contributed by atoms with Crippen LogP contribution in [-0.4, -0.2) is 25.7 Å². The fourth-order valence-corrected chi connectivity index (χ4v) is 5.29. The van der Waals surface area contributed by atoms with Gasteiger partial charge in [-0.15, -0.1) is 0 Å². The number of allylic oxidation sites excluding steroid dienone is 5. The minimum atomic E-state index is -0.205. The molecule has 1 heterocycles. The van der Waals surface area contributed by atoms with Gasteiger partial charge < -0.3 is 9.64 Å². The Bertz CT molecular complexity index is 1510. The fourth-order valence-electron chi connectivity index (χ4n) is 5.29. The fraction of sp³-hybridized carbons (Fsp3) is 0.152. The summed E-state index contributed by atoms with van der Waals surface area (Å²) >= 11 is 0. The van der Waals surface area contributed by atoms with Gasteiger partial charge >= 0.3 is 0 Å². The molecule has 4 nitrogen and oxygen atoms in total. The number of fused-ring (bicyclic) bond motifs is 1. The molecule has 0 saturated carbocycles. The molecule has 0 atom stereocenters. The van der Waals surface area contributed by atoms with Gasteiger partial charge in [0.1, 0.15) is 11.5 Å². The first-order chi connectivity index (χ1) is 18.0. The summed E-state index contributed by atoms with van der Waals surface area (Å²) in [5, 5.41) is 0. The minimum absolute atomic E-state index is 0.205. The van der Waals surface area contributed by atoms with Crippen molar-refractivity contribution in [3.63, 3.8) is 0 Å². The summed E-state index contributed by atoms with van der Waals surface area (Å²) in [6.07, 6.45) is 6.59. The van der Waals surface area contributed by atoms with Crippen LogP contribution in [0.3, 0.4) is 0 Å². The Labute approximate surface area is 216 Å². The highest BCUT2D eigenvalue weighted by Crippen LogP contribution is 2.45. The summed E-state index contributed by atoms with van der Waals surface area (Å²) in [6.45, 7) is 0. The smallest absolute Gasteiger partial charge is 0.198 e. The molecule has 2 aliphatic carbocycles. The van der Waals surface area contributed by atoms with E-state index in [0.717, 1.165) is 53.0 Å². The topological polar surface area (TPSA) is 46.6 Å². The van der Waals surface area contributed by atoms with Crippen LogP contribution in [0.2, 0.25) is 0 Å². The number of Topliss-reactive ketones (excluding diaryl/α,β-unsaturated/α-hetero) is 2. The van der Waals surface area contributed by atoms with E-state index in [4.69, 9.17) is 4.74 Å². The van der Waals surface area contributed by atoms with Gasteiger partial charge in [-0.3, -0.25) is 9.59 Å². The van der Waals surface area contributed by atoms with Crippen molar-refractivity contribution >= 4 is 29.1 Å². The normalized spacial score (nSPS) is 18.0. The second-order valence-electron chi connectivity index (χ2n) is 9.79. The number of ether oxygens (including phenoxy) is 1. The molecule has 0 fully saturated rings. The van der Waals surface area contributed by atoms with Gasteiger partial charge in [0, 0.05) is 47.6 Å². The zero-order valence-corrected chi connectivity index (χ0v) is 21.0. The molecule has 0 spiro atoms. The van der Waals surface area contributed by atoms with Crippen LogP contribution in [0.1, 0.15) is 51.1 Å². The lowest BCUT2D eigenvalue weighted by atomic mass is 9.83. The highest BCUT2D eigenvalue weighted by molar-refractivity contribution is 6.40. The Kier molecular flexibility index (Phi) is 5.72. The summed E-state index contributed by atoms with van der Waals surface area (Å²) in [5.74, 6) is 1.00. The Balaban J connectivity index is 1.52. The summed E-state index contributed by atoms with van der Waals surface area (Å²) in [5.41, 5.74) is 7.05. The van der Waals surface area contributed by atoms with Crippen molar-refractivity contribution in [1.82, 2.24) is 0 Å². The SMILES string of the molecule is CN(C)c1ccc(/C=C2\CCCC3=C2OC(c2ccccc2)=CC3=C2C(=O)c3ccccc3C2=O)cc1. The van der Waals surface area contributed by atoms with Crippen molar-refractivity contribution < 1.29 is 14.3 Å². The van der Waals surface area contributed by atoms with Crippen LogP contribution in [0.4, 0.5) is 5.69 Å². The third-order valence-corrected chi connectivity index (χ3v) is 7.20. The van der Waals surface area contributed by atoms with E-state index in [1.807, 2.05) is 50.5 Å². The number of rotatable bonds is 3. The largest absolute Gasteiger partial charge is 0.456 e. The lowest BCUT2D eigenvalue weighted by molar-refractivity contribution is 0.0987. The average Bonchev–Trinajstić information content (AvgIpc) is 3.19. The molecule has 3 aliphatic rings. The first kappa shape index (κ1) is 23.0. The summed E-state index contributed by atoms with van der Waals surface area (Å²) < 4.78 is 6.57. The third-order valence-electron chi connectivity index (χ3n) is 7.20. The molecule has 182 valence electrons. The zero-order valence-electron chi connectivity index (χ0n) is 21.0. The van der Waals surface area contributed by atoms with Crippen molar-refractivity contribution in [3.8, 4) is 0 Å². The predicted octanol–water partition coefficient (Wildman–Crippen LogP) is 7.02. The molecule has 1 aliphatic heterocycles. The van der Waals surface area contributed by atoms with Gasteiger partial charge in [0.15, 0.2) is 11.6 Å². The van der Waals surface area contributed by atoms with Crippen LogP contribution in [0.15, 0.2) is 113 Å². The number of nitrogens with zero attached hydrogens (tertiary/aromatic N) is 1. The van der Waals surface area contributed by atoms with Gasteiger partial charge in [-0.05, 0) is 54.7 Å². The lowest BCUT2D eigenvalue weighted by Crippen LogP contribution is -2.16. The van der Waals surface area contributed by atoms with E-state index < -0.39 is 0 Å². The highest BCUT2D eigenvalue weighted by Gasteiger charge is 2.38. The van der Waals surface area contributed by atoms with E-state index in [-0.39, 0.29) is 17.1 Å². The maximum atomic E-state index is 13.5. The first-order valence-corrected chi connectivity index (χ1v) is 12.6. The van der Waals surface area contributed by atoms with Crippen molar-refractivity contribution in [2.24, 2.45) is 0 Å². The van der Waals surface area contributed by atoms with E-state index in [2.05, 4.69) is 35.2 Å². The maximum Gasteiger partial charge on any atom is 0.198 e. The van der Waals surface area contributed by atoms with Gasteiger partial charge in [0.05, 0.1) is 5.57 Å². The average molecular weight is 486 g/mol. The van der Waals surface area contributed by atoms with Crippen LogP contribution >= 0.6 is 0 Å². The maximum absolute atomic E-state index is 13.5. The van der Waals surface area contributed by atoms with E-state index >= 15 is 0 Å². The second-order valence-corrected chi connectivity index (χ2v) is 9.79. The molecular formula is C33H27NO3. The minimum Gasteiger partial charge on any atom is -0.456 e. The number of hydrogen-bond donors (Lipinski definition) is 0. The van der Waals surface area contributed by atoms with E-state index in [1.165, 1.54) is 0 Å². The van der Waals surface area contributed by atoms with Crippen molar-refractivity contribution in [1.29, 1.82) is 0 Å². The number of carbonyl (C=O) groups is 2. The second kappa shape index (κ2) is 9.21. The number of anilines is 1. The summed E-state index contributed by atoms with van der Waals surface area (Å²) in [6, 6.07) is 25.3. The van der Waals surface area contributed by atoms with Gasteiger partial charge in [0.25, 0.3) is 0 Å². The van der Waals surface area contributed by atoms with E-state index in [0.29, 0.717) is 22.5 Å². The number of benzene rings is 3. The number of carbonyl (C=O) groups excluding carboxylic acids is 2. The van der Waals surface area contributed by atoms with Gasteiger partial charge in [-0.2, -0.15) is 0 Å². The van der Waals surface area contributed by atoms with Crippen LogP contribution in [0.25, 0.3) is 11.8 Å². The van der Waals surface area contributed by atoms with Crippen LogP contribution in [-0.2, 0) is 4.74 Å². The molecule has 0 amide bonds. The quantitative estimate of drug-likeness (QED) is 0.295. The Morgan fingerprint density at radius 2 is 1.43 bits per heavy atom. The Morgan fingerprint density at radius 3 is 2.08 bits per heavy atom. The molecule has 3 aromatic rings. The molecule has 3 aromatic carbocycles. The highest BCUT2D eigenvalue weighted by atomic mass is 16.5. The molecule has 0 radical (unpaired) electrons. The number of hydrogen-bond acceptors (Lipinski definition) is 4. The molecule has 4 heteroatoms. The predicted molar refractivity (Wildman–Crippen MR) is 147 cm³/mol. The summed E-state index contributed by atoms with van der Waals surface area (Å²) in [4.78, 5) is 29.1. The standard InChI is InChI=1S/C33H27NO3/c1-34(2)24-17-15-21(16-18-24)19-23-11-8-14-27-28(20-29(37-33(23)27)22-9-4-3-5-10-22)30-31(35)25-12-6-7-13-26(25)32(30)36/h3-7,9-10,12-13,15-20H,8,11,14H2,1-2H3/b23-19+. The lowest BCUT2D eigenvalue weighted by Gasteiger charge is -2.30. The van der Waals surface area contributed by atoms with Crippen molar-refractivity contribution in [3.05, 3.63) is 135 Å². The van der Waals surface area contributed by atoms with Crippen LogP contribution in [0.5, 0.6) is 0 Å². The monoisotopic (exact) mass is 485 g/mol. The Hall–Kier alpha value is -4.44. The number of ketones is 2. The van der Waals surface area contributed by atoms with E-state index in [1.54, 1.807) is 24.3 Å². The molecular weight excluding hydrogens is 458 g/mol. The Morgan fingerprint density at radius 1 is 0.784 bits per heavy atom. The van der Waals surface area contributed by atoms with Gasteiger partial charge in [-0.25, -0.2) is 0 Å². The van der Waals surface area contributed by atoms with Crippen molar-refractivity contribution in [2.45, 2.75) is 19.3 Å².